The van der Waals surface area contributed by atoms with Gasteiger partial charge in [0, 0.05) is 0 Å². The second-order valence-electron chi connectivity index (χ2n) is 3.45. The zero-order valence-electron chi connectivity index (χ0n) is 9.47. The summed E-state index contributed by atoms with van der Waals surface area (Å²) in [5.74, 6) is -0.403. The number of hydrogen-bond donors (Lipinski definition) is 1. The number of nitro benzene ring substituents is 3. The molecule has 0 atom stereocenters. The van der Waals surface area contributed by atoms with E-state index in [1.807, 2.05) is 0 Å². The van der Waals surface area contributed by atoms with Gasteiger partial charge in [0.15, 0.2) is 0 Å². The molecular formula is C9H7N3O7. The van der Waals surface area contributed by atoms with Crippen LogP contribution in [0.25, 0.3) is 6.08 Å². The summed E-state index contributed by atoms with van der Waals surface area (Å²) in [6.45, 7) is 1.16. The Kier molecular flexibility index (Phi) is 3.75. The maximum atomic E-state index is 10.8. The monoisotopic (exact) mass is 269 g/mol. The number of hydrogen-bond acceptors (Lipinski definition) is 7. The molecule has 0 saturated heterocycles. The number of nitrogens with zero attached hydrogens (tertiary/aromatic N) is 3. The van der Waals surface area contributed by atoms with Crippen molar-refractivity contribution in [2.24, 2.45) is 0 Å². The Morgan fingerprint density at radius 1 is 1.05 bits per heavy atom. The molecule has 0 aliphatic carbocycles. The molecule has 1 aromatic carbocycles. The van der Waals surface area contributed by atoms with E-state index in [2.05, 4.69) is 0 Å². The topological polar surface area (TPSA) is 150 Å². The molecule has 0 amide bonds. The van der Waals surface area contributed by atoms with Crippen molar-refractivity contribution in [3.05, 3.63) is 53.8 Å². The molecule has 10 heteroatoms. The highest BCUT2D eigenvalue weighted by molar-refractivity contribution is 5.74. The second-order valence-corrected chi connectivity index (χ2v) is 3.45. The molecule has 0 heterocycles. The van der Waals surface area contributed by atoms with Crippen molar-refractivity contribution < 1.29 is 19.9 Å². The zero-order chi connectivity index (χ0) is 14.7. The Bertz CT molecular complexity index is 569. The Balaban J connectivity index is 3.75. The summed E-state index contributed by atoms with van der Waals surface area (Å²) in [6.07, 6.45) is 0.806. The van der Waals surface area contributed by atoms with Crippen LogP contribution in [0.2, 0.25) is 0 Å². The van der Waals surface area contributed by atoms with Gasteiger partial charge in [-0.1, -0.05) is 0 Å². The summed E-state index contributed by atoms with van der Waals surface area (Å²) < 4.78 is 0. The summed E-state index contributed by atoms with van der Waals surface area (Å²) in [5.41, 5.74) is -2.92. The van der Waals surface area contributed by atoms with Gasteiger partial charge < -0.3 is 5.11 Å². The molecule has 10 nitrogen and oxygen atoms in total. The maximum absolute atomic E-state index is 10.8. The number of allylic oxidation sites excluding steroid dienone is 1. The molecule has 1 rings (SSSR count). The molecule has 0 spiro atoms. The molecule has 0 unspecified atom stereocenters. The Hall–Kier alpha value is -3.04. The van der Waals surface area contributed by atoms with Crippen molar-refractivity contribution >= 4 is 23.1 Å². The summed E-state index contributed by atoms with van der Waals surface area (Å²) in [5, 5.41) is 41.3. The number of aliphatic hydroxyl groups is 1. The molecule has 19 heavy (non-hydrogen) atoms. The fourth-order valence-corrected chi connectivity index (χ4v) is 1.37. The third-order valence-corrected chi connectivity index (χ3v) is 2.08. The largest absolute Gasteiger partial charge is 0.513 e. The first kappa shape index (κ1) is 14.0. The van der Waals surface area contributed by atoms with Gasteiger partial charge in [-0.25, -0.2) is 0 Å². The first-order valence-corrected chi connectivity index (χ1v) is 4.72. The van der Waals surface area contributed by atoms with Gasteiger partial charge in [-0.2, -0.15) is 0 Å². The van der Waals surface area contributed by atoms with Crippen molar-refractivity contribution in [2.45, 2.75) is 6.92 Å². The van der Waals surface area contributed by atoms with Crippen molar-refractivity contribution in [1.29, 1.82) is 0 Å². The highest BCUT2D eigenvalue weighted by Gasteiger charge is 2.29. The molecule has 0 aromatic heterocycles. The molecule has 0 aliphatic heterocycles. The molecule has 100 valence electrons. The normalized spacial score (nSPS) is 11.1. The fourth-order valence-electron chi connectivity index (χ4n) is 1.37. The number of aliphatic hydroxyl groups excluding tert-OH is 1. The number of non-ortho nitro benzene ring substituents is 1. The smallest absolute Gasteiger partial charge is 0.290 e. The predicted molar refractivity (Wildman–Crippen MR) is 62.7 cm³/mol. The van der Waals surface area contributed by atoms with E-state index in [0.717, 1.165) is 13.0 Å². The van der Waals surface area contributed by atoms with Crippen LogP contribution in [-0.4, -0.2) is 19.9 Å². The molecule has 0 aliphatic rings. The van der Waals surface area contributed by atoms with E-state index in [9.17, 15) is 30.3 Å². The van der Waals surface area contributed by atoms with Crippen LogP contribution in [0.3, 0.4) is 0 Å². The number of rotatable bonds is 4. The van der Waals surface area contributed by atoms with Crippen molar-refractivity contribution in [1.82, 2.24) is 0 Å². The molecular weight excluding hydrogens is 262 g/mol. The average Bonchev–Trinajstić information content (AvgIpc) is 2.27. The van der Waals surface area contributed by atoms with Gasteiger partial charge in [0.1, 0.15) is 5.56 Å². The van der Waals surface area contributed by atoms with Gasteiger partial charge in [-0.05, 0) is 13.0 Å². The minimum atomic E-state index is -0.991. The quantitative estimate of drug-likeness (QED) is 0.500. The SMILES string of the molecule is C/C(O)=C/c1c([N+](=O)[O-])cc([N+](=O)[O-])cc1[N+](=O)[O-]. The Morgan fingerprint density at radius 2 is 1.47 bits per heavy atom. The van der Waals surface area contributed by atoms with Crippen LogP contribution in [0.15, 0.2) is 17.9 Å². The van der Waals surface area contributed by atoms with Crippen molar-refractivity contribution in [3.63, 3.8) is 0 Å². The average molecular weight is 269 g/mol. The maximum Gasteiger partial charge on any atom is 0.290 e. The highest BCUT2D eigenvalue weighted by Crippen LogP contribution is 2.34. The minimum absolute atomic E-state index is 0.403. The van der Waals surface area contributed by atoms with Gasteiger partial charge in [-0.3, -0.25) is 30.3 Å². The van der Waals surface area contributed by atoms with Gasteiger partial charge in [0.25, 0.3) is 17.1 Å². The van der Waals surface area contributed by atoms with E-state index in [0.29, 0.717) is 12.1 Å². The fraction of sp³-hybridized carbons (Fsp3) is 0.111. The Labute approximate surface area is 105 Å². The summed E-state index contributed by atoms with van der Waals surface area (Å²) in [6, 6.07) is 1.20. The standard InChI is InChI=1S/C9H7N3O7/c1-5(13)2-7-8(11(16)17)3-6(10(14)15)4-9(7)12(18)19/h2-4,13H,1H3/b5-2-. The number of nitro groups is 3. The highest BCUT2D eigenvalue weighted by atomic mass is 16.6. The molecule has 0 fully saturated rings. The summed E-state index contributed by atoms with van der Waals surface area (Å²) >= 11 is 0. The molecule has 1 aromatic rings. The molecule has 0 saturated carbocycles. The molecule has 0 bridgehead atoms. The van der Waals surface area contributed by atoms with E-state index in [4.69, 9.17) is 5.11 Å². The van der Waals surface area contributed by atoms with Crippen LogP contribution in [0.4, 0.5) is 17.1 Å². The first-order valence-electron chi connectivity index (χ1n) is 4.72. The lowest BCUT2D eigenvalue weighted by Gasteiger charge is -2.01. The minimum Gasteiger partial charge on any atom is -0.513 e. The van der Waals surface area contributed by atoms with E-state index < -0.39 is 43.2 Å². The van der Waals surface area contributed by atoms with Crippen molar-refractivity contribution in [2.75, 3.05) is 0 Å². The van der Waals surface area contributed by atoms with E-state index in [-0.39, 0.29) is 0 Å². The van der Waals surface area contributed by atoms with Gasteiger partial charge in [-0.15, -0.1) is 0 Å². The zero-order valence-corrected chi connectivity index (χ0v) is 9.47. The first-order chi connectivity index (χ1) is 8.73. The van der Waals surface area contributed by atoms with Crippen LogP contribution in [0, 0.1) is 30.3 Å². The van der Waals surface area contributed by atoms with Crippen LogP contribution in [0.5, 0.6) is 0 Å². The molecule has 0 radical (unpaired) electrons. The van der Waals surface area contributed by atoms with Gasteiger partial charge >= 0.3 is 0 Å². The van der Waals surface area contributed by atoms with Crippen LogP contribution in [0.1, 0.15) is 12.5 Å². The van der Waals surface area contributed by atoms with Gasteiger partial charge in [0.2, 0.25) is 0 Å². The van der Waals surface area contributed by atoms with Crippen LogP contribution < -0.4 is 0 Å². The van der Waals surface area contributed by atoms with Crippen LogP contribution in [-0.2, 0) is 0 Å². The predicted octanol–water partition coefficient (Wildman–Crippen LogP) is 2.33. The van der Waals surface area contributed by atoms with E-state index >= 15 is 0 Å². The molecule has 1 N–H and O–H groups in total. The number of benzene rings is 1. The lowest BCUT2D eigenvalue weighted by Crippen LogP contribution is -2.00. The van der Waals surface area contributed by atoms with Crippen LogP contribution >= 0.6 is 0 Å². The third kappa shape index (κ3) is 3.00. The third-order valence-electron chi connectivity index (χ3n) is 2.08. The lowest BCUT2D eigenvalue weighted by molar-refractivity contribution is -0.403. The van der Waals surface area contributed by atoms with Crippen molar-refractivity contribution in [3.8, 4) is 0 Å². The second kappa shape index (κ2) is 5.08. The summed E-state index contributed by atoms with van der Waals surface area (Å²) in [7, 11) is 0. The van der Waals surface area contributed by atoms with E-state index in [1.165, 1.54) is 0 Å². The van der Waals surface area contributed by atoms with Gasteiger partial charge in [0.05, 0.1) is 32.7 Å². The lowest BCUT2D eigenvalue weighted by atomic mass is 10.1. The van der Waals surface area contributed by atoms with E-state index in [1.54, 1.807) is 0 Å². The Morgan fingerprint density at radius 3 is 1.74 bits per heavy atom. The summed E-state index contributed by atoms with van der Waals surface area (Å²) in [4.78, 5) is 29.2.